The summed E-state index contributed by atoms with van der Waals surface area (Å²) < 4.78 is 12.0. The molecule has 0 fully saturated rings. The Morgan fingerprint density at radius 1 is 1.50 bits per heavy atom. The molecule has 1 nitrogen and oxygen atoms in total. The summed E-state index contributed by atoms with van der Waals surface area (Å²) in [6, 6.07) is 0. The fourth-order valence-corrected chi connectivity index (χ4v) is 0.671. The SMILES string of the molecule is C=C(F)C(=O)CCCCC. The maximum atomic E-state index is 12.0. The van der Waals surface area contributed by atoms with Crippen molar-refractivity contribution in [3.63, 3.8) is 0 Å². The van der Waals surface area contributed by atoms with Gasteiger partial charge in [-0.25, -0.2) is 4.39 Å². The molecule has 0 aliphatic rings. The molecule has 0 N–H and O–H groups in total. The summed E-state index contributed by atoms with van der Waals surface area (Å²) in [5, 5.41) is 0. The summed E-state index contributed by atoms with van der Waals surface area (Å²) in [6.45, 7) is 4.95. The third kappa shape index (κ3) is 4.24. The van der Waals surface area contributed by atoms with Crippen molar-refractivity contribution in [3.8, 4) is 0 Å². The highest BCUT2D eigenvalue weighted by Crippen LogP contribution is 2.04. The number of hydrogen-bond acceptors (Lipinski definition) is 1. The van der Waals surface area contributed by atoms with E-state index in [4.69, 9.17) is 0 Å². The van der Waals surface area contributed by atoms with E-state index in [1.807, 2.05) is 6.92 Å². The van der Waals surface area contributed by atoms with Gasteiger partial charge in [0.15, 0.2) is 11.6 Å². The Hall–Kier alpha value is -0.660. The average Bonchev–Trinajstić information content (AvgIpc) is 1.88. The molecule has 0 aliphatic heterocycles. The molecule has 2 heteroatoms. The molecule has 0 saturated carbocycles. The van der Waals surface area contributed by atoms with E-state index < -0.39 is 11.6 Å². The lowest BCUT2D eigenvalue weighted by atomic mass is 10.1. The highest BCUT2D eigenvalue weighted by molar-refractivity contribution is 5.92. The van der Waals surface area contributed by atoms with E-state index >= 15 is 0 Å². The summed E-state index contributed by atoms with van der Waals surface area (Å²) >= 11 is 0. The van der Waals surface area contributed by atoms with Crippen LogP contribution in [0.4, 0.5) is 4.39 Å². The van der Waals surface area contributed by atoms with Crippen LogP contribution in [0.2, 0.25) is 0 Å². The number of ketones is 1. The van der Waals surface area contributed by atoms with Crippen LogP contribution in [0, 0.1) is 0 Å². The van der Waals surface area contributed by atoms with Crippen molar-refractivity contribution in [2.24, 2.45) is 0 Å². The molecule has 10 heavy (non-hydrogen) atoms. The molecule has 0 radical (unpaired) electrons. The van der Waals surface area contributed by atoms with Gasteiger partial charge < -0.3 is 0 Å². The van der Waals surface area contributed by atoms with Crippen LogP contribution in [0.1, 0.15) is 32.6 Å². The van der Waals surface area contributed by atoms with Crippen molar-refractivity contribution in [2.45, 2.75) is 32.6 Å². The Bertz CT molecular complexity index is 129. The Morgan fingerprint density at radius 3 is 2.50 bits per heavy atom. The minimum atomic E-state index is -0.809. The number of unbranched alkanes of at least 4 members (excludes halogenated alkanes) is 2. The zero-order valence-electron chi connectivity index (χ0n) is 6.32. The summed E-state index contributed by atoms with van der Waals surface area (Å²) in [7, 11) is 0. The molecule has 0 bridgehead atoms. The van der Waals surface area contributed by atoms with Crippen LogP contribution in [0.3, 0.4) is 0 Å². The van der Waals surface area contributed by atoms with Gasteiger partial charge in [0.2, 0.25) is 0 Å². The van der Waals surface area contributed by atoms with Crippen LogP contribution in [0.25, 0.3) is 0 Å². The lowest BCUT2D eigenvalue weighted by Crippen LogP contribution is -1.96. The van der Waals surface area contributed by atoms with Crippen LogP contribution < -0.4 is 0 Å². The van der Waals surface area contributed by atoms with Gasteiger partial charge in [0.1, 0.15) is 0 Å². The van der Waals surface area contributed by atoms with Gasteiger partial charge in [0.25, 0.3) is 0 Å². The van der Waals surface area contributed by atoms with Crippen molar-refractivity contribution >= 4 is 5.78 Å². The molecule has 0 saturated heterocycles. The van der Waals surface area contributed by atoms with Gasteiger partial charge in [0, 0.05) is 6.42 Å². The van der Waals surface area contributed by atoms with Crippen LogP contribution in [-0.4, -0.2) is 5.78 Å². The summed E-state index contributed by atoms with van der Waals surface area (Å²) in [6.07, 6.45) is 3.12. The van der Waals surface area contributed by atoms with Gasteiger partial charge in [-0.3, -0.25) is 4.79 Å². The van der Waals surface area contributed by atoms with Crippen molar-refractivity contribution in [2.75, 3.05) is 0 Å². The predicted molar refractivity (Wildman–Crippen MR) is 39.4 cm³/mol. The quantitative estimate of drug-likeness (QED) is 0.428. The molecule has 0 rings (SSSR count). The second kappa shape index (κ2) is 5.15. The van der Waals surface area contributed by atoms with Gasteiger partial charge in [-0.1, -0.05) is 26.3 Å². The summed E-state index contributed by atoms with van der Waals surface area (Å²) in [5.74, 6) is -1.26. The fraction of sp³-hybridized carbons (Fsp3) is 0.625. The Kier molecular flexibility index (Phi) is 4.81. The van der Waals surface area contributed by atoms with Gasteiger partial charge >= 0.3 is 0 Å². The zero-order chi connectivity index (χ0) is 7.98. The van der Waals surface area contributed by atoms with Crippen LogP contribution in [-0.2, 0) is 4.79 Å². The van der Waals surface area contributed by atoms with E-state index in [9.17, 15) is 9.18 Å². The maximum absolute atomic E-state index is 12.0. The first-order valence-electron chi connectivity index (χ1n) is 3.56. The average molecular weight is 144 g/mol. The van der Waals surface area contributed by atoms with E-state index in [0.717, 1.165) is 19.3 Å². The Labute approximate surface area is 60.9 Å². The third-order valence-corrected chi connectivity index (χ3v) is 1.31. The van der Waals surface area contributed by atoms with E-state index in [-0.39, 0.29) is 0 Å². The number of halogens is 1. The Balaban J connectivity index is 3.31. The van der Waals surface area contributed by atoms with Crippen molar-refractivity contribution in [3.05, 3.63) is 12.4 Å². The van der Waals surface area contributed by atoms with Crippen molar-refractivity contribution < 1.29 is 9.18 Å². The van der Waals surface area contributed by atoms with E-state index in [1.165, 1.54) is 0 Å². The molecule has 0 aliphatic carbocycles. The third-order valence-electron chi connectivity index (χ3n) is 1.31. The van der Waals surface area contributed by atoms with Crippen LogP contribution in [0.15, 0.2) is 12.4 Å². The first-order valence-corrected chi connectivity index (χ1v) is 3.56. The van der Waals surface area contributed by atoms with Crippen molar-refractivity contribution in [1.29, 1.82) is 0 Å². The van der Waals surface area contributed by atoms with E-state index in [0.29, 0.717) is 6.42 Å². The van der Waals surface area contributed by atoms with Gasteiger partial charge in [0.05, 0.1) is 0 Å². The second-order valence-electron chi connectivity index (χ2n) is 2.29. The highest BCUT2D eigenvalue weighted by atomic mass is 19.1. The zero-order valence-corrected chi connectivity index (χ0v) is 6.32. The predicted octanol–water partition coefficient (Wildman–Crippen LogP) is 2.62. The van der Waals surface area contributed by atoms with Crippen LogP contribution in [0.5, 0.6) is 0 Å². The second-order valence-corrected chi connectivity index (χ2v) is 2.29. The largest absolute Gasteiger partial charge is 0.292 e. The normalized spacial score (nSPS) is 9.40. The standard InChI is InChI=1S/C8H13FO/c1-3-4-5-6-8(10)7(2)9/h2-6H2,1H3. The molecule has 0 unspecified atom stereocenters. The van der Waals surface area contributed by atoms with Crippen LogP contribution >= 0.6 is 0 Å². The minimum absolute atomic E-state index is 0.309. The Morgan fingerprint density at radius 2 is 2.10 bits per heavy atom. The molecule has 0 aromatic heterocycles. The molecule has 0 aromatic rings. The number of rotatable bonds is 5. The number of hydrogen-bond donors (Lipinski definition) is 0. The monoisotopic (exact) mass is 144 g/mol. The van der Waals surface area contributed by atoms with E-state index in [1.54, 1.807) is 0 Å². The summed E-state index contributed by atoms with van der Waals surface area (Å²) in [4.78, 5) is 10.5. The molecular weight excluding hydrogens is 131 g/mol. The highest BCUT2D eigenvalue weighted by Gasteiger charge is 2.03. The summed E-state index contributed by atoms with van der Waals surface area (Å²) in [5.41, 5.74) is 0. The molecule has 0 amide bonds. The van der Waals surface area contributed by atoms with E-state index in [2.05, 4.69) is 6.58 Å². The molecule has 58 valence electrons. The lowest BCUT2D eigenvalue weighted by Gasteiger charge is -1.94. The van der Waals surface area contributed by atoms with Gasteiger partial charge in [-0.15, -0.1) is 0 Å². The first kappa shape index (κ1) is 9.34. The first-order chi connectivity index (χ1) is 4.68. The number of carbonyl (C=O) groups excluding carboxylic acids is 1. The molecule has 0 spiro atoms. The number of Topliss-reactive ketones (excluding diaryl/α,β-unsaturated/α-hetero) is 1. The molecule has 0 aromatic carbocycles. The fourth-order valence-electron chi connectivity index (χ4n) is 0.671. The van der Waals surface area contributed by atoms with Gasteiger partial charge in [-0.2, -0.15) is 0 Å². The van der Waals surface area contributed by atoms with Crippen molar-refractivity contribution in [1.82, 2.24) is 0 Å². The molecule has 0 heterocycles. The maximum Gasteiger partial charge on any atom is 0.190 e. The lowest BCUT2D eigenvalue weighted by molar-refractivity contribution is -0.117. The minimum Gasteiger partial charge on any atom is -0.292 e. The number of carbonyl (C=O) groups is 1. The molecular formula is C8H13FO. The van der Waals surface area contributed by atoms with Gasteiger partial charge in [-0.05, 0) is 6.42 Å². The smallest absolute Gasteiger partial charge is 0.190 e. The molecule has 0 atom stereocenters. The topological polar surface area (TPSA) is 17.1 Å². The number of allylic oxidation sites excluding steroid dienone is 1.